The predicted molar refractivity (Wildman–Crippen MR) is 139 cm³/mol. The lowest BCUT2D eigenvalue weighted by Crippen LogP contribution is -2.23. The zero-order valence-corrected chi connectivity index (χ0v) is 21.6. The number of methoxy groups -OCH3 is 5. The molecule has 0 spiro atoms. The number of hydrogen-bond donors (Lipinski definition) is 0. The molecule has 1 aromatic heterocycles. The summed E-state index contributed by atoms with van der Waals surface area (Å²) >= 11 is 0. The summed E-state index contributed by atoms with van der Waals surface area (Å²) in [5.74, 6) is 1.39. The molecule has 1 aliphatic heterocycles. The quantitative estimate of drug-likeness (QED) is 0.248. The Morgan fingerprint density at radius 2 is 1.50 bits per heavy atom. The molecule has 38 heavy (non-hydrogen) atoms. The lowest BCUT2D eigenvalue weighted by atomic mass is 9.84. The molecule has 196 valence electrons. The molecule has 3 aromatic carbocycles. The Labute approximate surface area is 218 Å². The van der Waals surface area contributed by atoms with Crippen LogP contribution in [0.2, 0.25) is 0 Å². The van der Waals surface area contributed by atoms with Gasteiger partial charge in [-0.25, -0.2) is 0 Å². The van der Waals surface area contributed by atoms with Crippen LogP contribution in [-0.4, -0.2) is 41.5 Å². The van der Waals surface area contributed by atoms with E-state index in [4.69, 9.17) is 32.8 Å². The molecule has 0 aliphatic carbocycles. The Balaban J connectivity index is 1.78. The second kappa shape index (κ2) is 10.0. The first-order chi connectivity index (χ1) is 18.4. The van der Waals surface area contributed by atoms with Gasteiger partial charge in [-0.1, -0.05) is 18.2 Å². The molecular formula is C29H26O9. The van der Waals surface area contributed by atoms with Crippen LogP contribution in [0, 0.1) is 0 Å². The van der Waals surface area contributed by atoms with Gasteiger partial charge in [0.15, 0.2) is 11.5 Å². The third-order valence-electron chi connectivity index (χ3n) is 6.69. The van der Waals surface area contributed by atoms with Gasteiger partial charge in [-0.2, -0.15) is 0 Å². The van der Waals surface area contributed by atoms with Gasteiger partial charge in [-0.3, -0.25) is 9.59 Å². The summed E-state index contributed by atoms with van der Waals surface area (Å²) < 4.78 is 39.2. The second-order valence-electron chi connectivity index (χ2n) is 8.56. The average Bonchev–Trinajstić information content (AvgIpc) is 2.95. The van der Waals surface area contributed by atoms with Gasteiger partial charge in [0.1, 0.15) is 34.5 Å². The van der Waals surface area contributed by atoms with Crippen LogP contribution in [0.1, 0.15) is 23.5 Å². The predicted octanol–water partition coefficient (Wildman–Crippen LogP) is 4.94. The van der Waals surface area contributed by atoms with Crippen molar-refractivity contribution in [1.29, 1.82) is 0 Å². The number of carbonyl (C=O) groups excluding carboxylic acids is 1. The smallest absolute Gasteiger partial charge is 0.312 e. The van der Waals surface area contributed by atoms with Crippen molar-refractivity contribution in [2.24, 2.45) is 0 Å². The molecule has 2 heterocycles. The minimum atomic E-state index is -0.565. The number of esters is 1. The maximum atomic E-state index is 13.8. The summed E-state index contributed by atoms with van der Waals surface area (Å²) in [7, 11) is 7.56. The van der Waals surface area contributed by atoms with Crippen LogP contribution < -0.4 is 33.8 Å². The largest absolute Gasteiger partial charge is 0.497 e. The molecule has 1 atom stereocenters. The van der Waals surface area contributed by atoms with Gasteiger partial charge in [0.05, 0.1) is 47.5 Å². The molecule has 0 saturated heterocycles. The lowest BCUT2D eigenvalue weighted by molar-refractivity contribution is -0.135. The van der Waals surface area contributed by atoms with Crippen LogP contribution in [0.4, 0.5) is 0 Å². The van der Waals surface area contributed by atoms with E-state index in [1.54, 1.807) is 49.6 Å². The number of hydrogen-bond acceptors (Lipinski definition) is 9. The molecule has 1 aliphatic rings. The van der Waals surface area contributed by atoms with E-state index in [1.165, 1.54) is 34.7 Å². The van der Waals surface area contributed by atoms with Crippen molar-refractivity contribution in [3.8, 4) is 45.6 Å². The summed E-state index contributed by atoms with van der Waals surface area (Å²) in [6.45, 7) is 0. The lowest BCUT2D eigenvalue weighted by Gasteiger charge is -2.28. The molecule has 0 fully saturated rings. The minimum absolute atomic E-state index is 0.00971. The monoisotopic (exact) mass is 518 g/mol. The van der Waals surface area contributed by atoms with Crippen molar-refractivity contribution in [2.75, 3.05) is 35.5 Å². The number of benzene rings is 3. The summed E-state index contributed by atoms with van der Waals surface area (Å²) in [6, 6.07) is 12.2. The third-order valence-corrected chi connectivity index (χ3v) is 6.69. The first-order valence-electron chi connectivity index (χ1n) is 11.8. The number of carbonyl (C=O) groups is 1. The molecule has 5 rings (SSSR count). The average molecular weight is 519 g/mol. The number of ether oxygens (including phenoxy) is 6. The highest BCUT2D eigenvalue weighted by atomic mass is 16.5. The number of fused-ring (bicyclic) bond motifs is 3. The van der Waals surface area contributed by atoms with Crippen molar-refractivity contribution in [2.45, 2.75) is 12.3 Å². The van der Waals surface area contributed by atoms with Crippen molar-refractivity contribution in [3.05, 3.63) is 70.1 Å². The summed E-state index contributed by atoms with van der Waals surface area (Å²) in [4.78, 5) is 26.5. The first kappa shape index (κ1) is 25.0. The molecule has 9 nitrogen and oxygen atoms in total. The highest BCUT2D eigenvalue weighted by molar-refractivity contribution is 5.94. The molecule has 0 N–H and O–H groups in total. The van der Waals surface area contributed by atoms with Gasteiger partial charge in [0.25, 0.3) is 0 Å². The van der Waals surface area contributed by atoms with Crippen LogP contribution in [-0.2, 0) is 4.79 Å². The van der Waals surface area contributed by atoms with Crippen LogP contribution >= 0.6 is 0 Å². The fraction of sp³-hybridized carbons (Fsp3) is 0.241. The van der Waals surface area contributed by atoms with Crippen LogP contribution in [0.3, 0.4) is 0 Å². The highest BCUT2D eigenvalue weighted by Gasteiger charge is 2.36. The molecule has 9 heteroatoms. The van der Waals surface area contributed by atoms with Gasteiger partial charge in [0, 0.05) is 23.1 Å². The minimum Gasteiger partial charge on any atom is -0.497 e. The topological polar surface area (TPSA) is 103 Å². The summed E-state index contributed by atoms with van der Waals surface area (Å²) in [6.07, 6.45) is 1.40. The van der Waals surface area contributed by atoms with E-state index in [2.05, 4.69) is 0 Å². The first-order valence-corrected chi connectivity index (χ1v) is 11.8. The van der Waals surface area contributed by atoms with E-state index in [-0.39, 0.29) is 34.3 Å². The Morgan fingerprint density at radius 1 is 0.789 bits per heavy atom. The van der Waals surface area contributed by atoms with Gasteiger partial charge < -0.3 is 32.8 Å². The fourth-order valence-corrected chi connectivity index (χ4v) is 4.91. The van der Waals surface area contributed by atoms with E-state index in [0.29, 0.717) is 45.3 Å². The van der Waals surface area contributed by atoms with Crippen LogP contribution in [0.5, 0.6) is 34.5 Å². The Bertz CT molecular complexity index is 1590. The van der Waals surface area contributed by atoms with Gasteiger partial charge in [0.2, 0.25) is 11.2 Å². The van der Waals surface area contributed by atoms with E-state index < -0.39 is 11.9 Å². The van der Waals surface area contributed by atoms with Crippen molar-refractivity contribution in [3.63, 3.8) is 0 Å². The molecular weight excluding hydrogens is 492 g/mol. The third kappa shape index (κ3) is 3.96. The second-order valence-corrected chi connectivity index (χ2v) is 8.56. The Hall–Kier alpha value is -4.66. The zero-order valence-electron chi connectivity index (χ0n) is 21.6. The van der Waals surface area contributed by atoms with E-state index in [0.717, 1.165) is 0 Å². The molecule has 0 saturated carbocycles. The normalized spacial score (nSPS) is 14.4. The standard InChI is InChI=1S/C29H26O9/c1-32-16-8-6-15(7-9-16)19-14-37-29-24-18(17-10-11-20(33-2)28(36-5)27(17)35-4)12-23(30)38-22(24)13-21(34-3)25(29)26(19)31/h6-11,13-14,18H,12H2,1-5H3. The van der Waals surface area contributed by atoms with Crippen molar-refractivity contribution in [1.82, 2.24) is 0 Å². The summed E-state index contributed by atoms with van der Waals surface area (Å²) in [5.41, 5.74) is 2.17. The molecule has 4 aromatic rings. The molecule has 0 amide bonds. The zero-order chi connectivity index (χ0) is 27.0. The SMILES string of the molecule is COc1ccc(-c2coc3c4c(cc(OC)c3c2=O)OC(=O)CC4c2ccc(OC)c(OC)c2OC)cc1. The van der Waals surface area contributed by atoms with Gasteiger partial charge in [-0.05, 0) is 23.8 Å². The van der Waals surface area contributed by atoms with Crippen molar-refractivity contribution < 1.29 is 37.6 Å². The number of rotatable bonds is 7. The Morgan fingerprint density at radius 3 is 2.13 bits per heavy atom. The van der Waals surface area contributed by atoms with E-state index >= 15 is 0 Å². The maximum absolute atomic E-state index is 13.8. The Kier molecular flexibility index (Phi) is 6.59. The van der Waals surface area contributed by atoms with E-state index in [9.17, 15) is 9.59 Å². The molecule has 1 unspecified atom stereocenters. The molecule has 0 radical (unpaired) electrons. The van der Waals surface area contributed by atoms with Crippen LogP contribution in [0.25, 0.3) is 22.1 Å². The van der Waals surface area contributed by atoms with Gasteiger partial charge >= 0.3 is 5.97 Å². The highest BCUT2D eigenvalue weighted by Crippen LogP contribution is 2.51. The summed E-state index contributed by atoms with van der Waals surface area (Å²) in [5, 5.41) is 0.238. The molecule has 0 bridgehead atoms. The van der Waals surface area contributed by atoms with Crippen LogP contribution in [0.15, 0.2) is 57.9 Å². The maximum Gasteiger partial charge on any atom is 0.312 e. The fourth-order valence-electron chi connectivity index (χ4n) is 4.91. The van der Waals surface area contributed by atoms with E-state index in [1.807, 2.05) is 0 Å². The van der Waals surface area contributed by atoms with Crippen molar-refractivity contribution >= 4 is 16.9 Å². The van der Waals surface area contributed by atoms with Gasteiger partial charge in [-0.15, -0.1) is 0 Å².